The lowest BCUT2D eigenvalue weighted by atomic mass is 10.2. The first-order valence-electron chi connectivity index (χ1n) is 3.23. The van der Waals surface area contributed by atoms with Crippen LogP contribution in [0.3, 0.4) is 0 Å². The van der Waals surface area contributed by atoms with Crippen molar-refractivity contribution < 1.29 is 0 Å². The summed E-state index contributed by atoms with van der Waals surface area (Å²) < 4.78 is 0. The Kier molecular flexibility index (Phi) is 5.01. The Hall–Kier alpha value is -0.0800. The van der Waals surface area contributed by atoms with Crippen molar-refractivity contribution >= 4 is 0 Å². The maximum Gasteiger partial charge on any atom is 0.0184 e. The number of nitrogens with one attached hydrogen (secondary N) is 2. The van der Waals surface area contributed by atoms with Crippen molar-refractivity contribution in [3.8, 4) is 0 Å². The van der Waals surface area contributed by atoms with E-state index in [1.54, 1.807) is 0 Å². The van der Waals surface area contributed by atoms with Crippen molar-refractivity contribution in [1.29, 1.82) is 0 Å². The number of hydrogen-bond donors (Lipinski definition) is 2. The zero-order chi connectivity index (χ0) is 6.41. The monoisotopic (exact) mass is 116 g/mol. The lowest BCUT2D eigenvalue weighted by Gasteiger charge is -2.09. The summed E-state index contributed by atoms with van der Waals surface area (Å²) in [4.78, 5) is 0. The number of rotatable bonds is 4. The smallest absolute Gasteiger partial charge is 0.0184 e. The largest absolute Gasteiger partial charge is 0.261 e. The molecule has 0 radical (unpaired) electrons. The standard InChI is InChI=1S/C6H16N2/c1-4-5-6(2)8-7-3/h6-8H,4-5H2,1-3H3/t6-/m0/s1. The summed E-state index contributed by atoms with van der Waals surface area (Å²) in [5, 5.41) is 0. The Labute approximate surface area is 51.6 Å². The molecule has 0 aromatic rings. The number of hydrogen-bond acceptors (Lipinski definition) is 2. The maximum atomic E-state index is 3.10. The predicted molar refractivity (Wildman–Crippen MR) is 36.6 cm³/mol. The van der Waals surface area contributed by atoms with Crippen LogP contribution in [0.15, 0.2) is 0 Å². The average Bonchev–Trinajstić information content (AvgIpc) is 1.68. The summed E-state index contributed by atoms with van der Waals surface area (Å²) in [5.41, 5.74) is 6.00. The minimum Gasteiger partial charge on any atom is -0.261 e. The van der Waals surface area contributed by atoms with E-state index in [1.165, 1.54) is 12.8 Å². The van der Waals surface area contributed by atoms with Gasteiger partial charge in [-0.3, -0.25) is 10.9 Å². The van der Waals surface area contributed by atoms with Crippen LogP contribution in [-0.4, -0.2) is 13.1 Å². The third-order valence-corrected chi connectivity index (χ3v) is 1.11. The lowest BCUT2D eigenvalue weighted by Crippen LogP contribution is -2.35. The summed E-state index contributed by atoms with van der Waals surface area (Å²) >= 11 is 0. The second-order valence-electron chi connectivity index (χ2n) is 2.08. The fraction of sp³-hybridized carbons (Fsp3) is 1.00. The molecule has 2 N–H and O–H groups in total. The summed E-state index contributed by atoms with van der Waals surface area (Å²) in [6.07, 6.45) is 2.48. The minimum absolute atomic E-state index is 0.602. The molecule has 0 unspecified atom stereocenters. The summed E-state index contributed by atoms with van der Waals surface area (Å²) in [6, 6.07) is 0.602. The van der Waals surface area contributed by atoms with Crippen LogP contribution < -0.4 is 10.9 Å². The second-order valence-corrected chi connectivity index (χ2v) is 2.08. The van der Waals surface area contributed by atoms with Crippen molar-refractivity contribution in [2.45, 2.75) is 32.7 Å². The zero-order valence-electron chi connectivity index (χ0n) is 5.99. The minimum atomic E-state index is 0.602. The fourth-order valence-electron chi connectivity index (χ4n) is 0.752. The molecule has 0 saturated carbocycles. The van der Waals surface area contributed by atoms with Crippen LogP contribution in [0.1, 0.15) is 26.7 Å². The third-order valence-electron chi connectivity index (χ3n) is 1.11. The van der Waals surface area contributed by atoms with Crippen molar-refractivity contribution in [3.05, 3.63) is 0 Å². The molecule has 0 aromatic heterocycles. The van der Waals surface area contributed by atoms with Gasteiger partial charge in [-0.15, -0.1) is 0 Å². The van der Waals surface area contributed by atoms with Gasteiger partial charge < -0.3 is 0 Å². The van der Waals surface area contributed by atoms with Crippen molar-refractivity contribution in [2.75, 3.05) is 7.05 Å². The molecule has 1 atom stereocenters. The first kappa shape index (κ1) is 7.92. The Balaban J connectivity index is 2.92. The van der Waals surface area contributed by atoms with Gasteiger partial charge in [0.25, 0.3) is 0 Å². The van der Waals surface area contributed by atoms with Crippen molar-refractivity contribution in [2.24, 2.45) is 0 Å². The van der Waals surface area contributed by atoms with Gasteiger partial charge in [-0.25, -0.2) is 0 Å². The zero-order valence-corrected chi connectivity index (χ0v) is 5.99. The van der Waals surface area contributed by atoms with Crippen molar-refractivity contribution in [1.82, 2.24) is 10.9 Å². The van der Waals surface area contributed by atoms with Crippen LogP contribution >= 0.6 is 0 Å². The molecule has 2 heteroatoms. The Morgan fingerprint density at radius 3 is 2.50 bits per heavy atom. The Bertz CT molecular complexity index is 39.8. The van der Waals surface area contributed by atoms with Gasteiger partial charge in [0.15, 0.2) is 0 Å². The molecule has 0 spiro atoms. The molecule has 0 aliphatic heterocycles. The molecule has 0 aromatic carbocycles. The molecule has 0 aliphatic carbocycles. The molecule has 0 rings (SSSR count). The van der Waals surface area contributed by atoms with Gasteiger partial charge in [0, 0.05) is 6.04 Å². The first-order valence-corrected chi connectivity index (χ1v) is 3.23. The molecule has 0 bridgehead atoms. The van der Waals surface area contributed by atoms with E-state index in [4.69, 9.17) is 0 Å². The molecule has 0 fully saturated rings. The summed E-state index contributed by atoms with van der Waals surface area (Å²) in [5.74, 6) is 0. The fourth-order valence-corrected chi connectivity index (χ4v) is 0.752. The maximum absolute atomic E-state index is 3.10. The van der Waals surface area contributed by atoms with E-state index >= 15 is 0 Å². The lowest BCUT2D eigenvalue weighted by molar-refractivity contribution is 0.459. The molecule has 8 heavy (non-hydrogen) atoms. The van der Waals surface area contributed by atoms with Crippen molar-refractivity contribution in [3.63, 3.8) is 0 Å². The van der Waals surface area contributed by atoms with Crippen LogP contribution in [0.2, 0.25) is 0 Å². The molecule has 0 amide bonds. The molecule has 50 valence electrons. The third kappa shape index (κ3) is 4.09. The molecular weight excluding hydrogens is 100 g/mol. The topological polar surface area (TPSA) is 24.1 Å². The van der Waals surface area contributed by atoms with E-state index in [-0.39, 0.29) is 0 Å². The summed E-state index contributed by atoms with van der Waals surface area (Å²) in [6.45, 7) is 4.36. The van der Waals surface area contributed by atoms with Gasteiger partial charge >= 0.3 is 0 Å². The first-order chi connectivity index (χ1) is 3.81. The van der Waals surface area contributed by atoms with Crippen LogP contribution in [0.4, 0.5) is 0 Å². The van der Waals surface area contributed by atoms with E-state index < -0.39 is 0 Å². The van der Waals surface area contributed by atoms with Gasteiger partial charge in [0.2, 0.25) is 0 Å². The quantitative estimate of drug-likeness (QED) is 0.533. The van der Waals surface area contributed by atoms with E-state index in [9.17, 15) is 0 Å². The van der Waals surface area contributed by atoms with E-state index in [1.807, 2.05) is 7.05 Å². The van der Waals surface area contributed by atoms with E-state index in [0.717, 1.165) is 0 Å². The second kappa shape index (κ2) is 5.06. The SMILES string of the molecule is CCC[C@H](C)NNC. The molecule has 0 heterocycles. The normalized spacial score (nSPS) is 13.9. The average molecular weight is 116 g/mol. The van der Waals surface area contributed by atoms with Gasteiger partial charge in [-0.2, -0.15) is 0 Å². The van der Waals surface area contributed by atoms with Crippen LogP contribution in [0.5, 0.6) is 0 Å². The van der Waals surface area contributed by atoms with E-state index in [0.29, 0.717) is 6.04 Å². The van der Waals surface area contributed by atoms with Crippen LogP contribution in [0.25, 0.3) is 0 Å². The highest BCUT2D eigenvalue weighted by Crippen LogP contribution is 1.91. The predicted octanol–water partition coefficient (Wildman–Crippen LogP) is 0.899. The molecular formula is C6H16N2. The molecule has 0 aliphatic rings. The van der Waals surface area contributed by atoms with Gasteiger partial charge in [0.1, 0.15) is 0 Å². The van der Waals surface area contributed by atoms with Gasteiger partial charge in [0.05, 0.1) is 0 Å². The Morgan fingerprint density at radius 1 is 1.50 bits per heavy atom. The highest BCUT2D eigenvalue weighted by atomic mass is 15.3. The molecule has 0 saturated heterocycles. The van der Waals surface area contributed by atoms with Crippen LogP contribution in [-0.2, 0) is 0 Å². The summed E-state index contributed by atoms with van der Waals surface area (Å²) in [7, 11) is 1.90. The van der Waals surface area contributed by atoms with Gasteiger partial charge in [-0.05, 0) is 20.4 Å². The molecule has 2 nitrogen and oxygen atoms in total. The Morgan fingerprint density at radius 2 is 2.12 bits per heavy atom. The highest BCUT2D eigenvalue weighted by Gasteiger charge is 1.93. The van der Waals surface area contributed by atoms with Crippen LogP contribution in [0, 0.1) is 0 Å². The van der Waals surface area contributed by atoms with Gasteiger partial charge in [-0.1, -0.05) is 13.3 Å². The number of hydrazine groups is 1. The highest BCUT2D eigenvalue weighted by molar-refractivity contribution is 4.52. The van der Waals surface area contributed by atoms with E-state index in [2.05, 4.69) is 24.7 Å².